The Balaban J connectivity index is 1.18. The Kier molecular flexibility index (Phi) is 5.22. The highest BCUT2D eigenvalue weighted by molar-refractivity contribution is 5.94. The van der Waals surface area contributed by atoms with Crippen LogP contribution in [0.1, 0.15) is 36.0 Å². The van der Waals surface area contributed by atoms with Gasteiger partial charge in [0.25, 0.3) is 5.91 Å². The number of carbonyl (C=O) groups excluding carboxylic acids is 2. The van der Waals surface area contributed by atoms with E-state index in [1.165, 1.54) is 18.3 Å². The summed E-state index contributed by atoms with van der Waals surface area (Å²) in [5.74, 6) is 0.665. The van der Waals surface area contributed by atoms with Gasteiger partial charge in [0.15, 0.2) is 0 Å². The number of pyridine rings is 1. The maximum absolute atomic E-state index is 13.4. The van der Waals surface area contributed by atoms with Gasteiger partial charge in [-0.1, -0.05) is 18.6 Å². The molecule has 2 aromatic rings. The summed E-state index contributed by atoms with van der Waals surface area (Å²) in [6, 6.07) is 9.90. The van der Waals surface area contributed by atoms with E-state index >= 15 is 0 Å². The van der Waals surface area contributed by atoms with Gasteiger partial charge in [-0.15, -0.1) is 0 Å². The molecular formula is C24H27FN4O2. The predicted octanol–water partition coefficient (Wildman–Crippen LogP) is 2.59. The minimum absolute atomic E-state index is 0.0162. The average molecular weight is 423 g/mol. The second-order valence-electron chi connectivity index (χ2n) is 9.12. The first-order chi connectivity index (χ1) is 15.0. The summed E-state index contributed by atoms with van der Waals surface area (Å²) >= 11 is 0. The minimum atomic E-state index is -0.323. The van der Waals surface area contributed by atoms with Crippen molar-refractivity contribution in [2.45, 2.75) is 37.8 Å². The Morgan fingerprint density at radius 3 is 2.65 bits per heavy atom. The first-order valence-electron chi connectivity index (χ1n) is 11.1. The lowest BCUT2D eigenvalue weighted by molar-refractivity contribution is -0.136. The van der Waals surface area contributed by atoms with Crippen LogP contribution < -0.4 is 11.1 Å². The molecule has 31 heavy (non-hydrogen) atoms. The van der Waals surface area contributed by atoms with Crippen molar-refractivity contribution >= 4 is 11.8 Å². The Morgan fingerprint density at radius 1 is 1.13 bits per heavy atom. The number of amides is 2. The maximum Gasteiger partial charge on any atom is 0.253 e. The van der Waals surface area contributed by atoms with Crippen molar-refractivity contribution in [2.75, 3.05) is 13.1 Å². The molecule has 2 amide bonds. The molecule has 1 aromatic heterocycles. The SMILES string of the molecule is NC1[C@H]2CN(C(=O)C3CCCC(NC(=O)c4ccc(-c5cccc(F)c5)nc4)C3)C[C@@H]12. The van der Waals surface area contributed by atoms with Crippen molar-refractivity contribution in [3.05, 3.63) is 54.0 Å². The van der Waals surface area contributed by atoms with Crippen LogP contribution in [0.3, 0.4) is 0 Å². The van der Waals surface area contributed by atoms with Crippen molar-refractivity contribution < 1.29 is 14.0 Å². The Morgan fingerprint density at radius 2 is 1.94 bits per heavy atom. The van der Waals surface area contributed by atoms with Crippen LogP contribution in [-0.2, 0) is 4.79 Å². The first-order valence-corrected chi connectivity index (χ1v) is 11.1. The second kappa shape index (κ2) is 8.04. The fraction of sp³-hybridized carbons (Fsp3) is 0.458. The number of benzene rings is 1. The number of nitrogens with zero attached hydrogens (tertiary/aromatic N) is 2. The highest BCUT2D eigenvalue weighted by Gasteiger charge is 2.55. The monoisotopic (exact) mass is 422 g/mol. The van der Waals surface area contributed by atoms with Crippen LogP contribution in [0.15, 0.2) is 42.6 Å². The van der Waals surface area contributed by atoms with E-state index in [1.54, 1.807) is 24.3 Å². The zero-order valence-corrected chi connectivity index (χ0v) is 17.3. The largest absolute Gasteiger partial charge is 0.349 e. The van der Waals surface area contributed by atoms with Crippen molar-refractivity contribution in [3.8, 4) is 11.3 Å². The lowest BCUT2D eigenvalue weighted by Crippen LogP contribution is -2.44. The van der Waals surface area contributed by atoms with E-state index in [4.69, 9.17) is 5.73 Å². The first kappa shape index (κ1) is 20.1. The molecule has 2 saturated carbocycles. The van der Waals surface area contributed by atoms with Gasteiger partial charge in [0.2, 0.25) is 5.91 Å². The molecular weight excluding hydrogens is 395 g/mol. The second-order valence-corrected chi connectivity index (χ2v) is 9.12. The number of halogens is 1. The fourth-order valence-corrected chi connectivity index (χ4v) is 5.17. The molecule has 1 saturated heterocycles. The van der Waals surface area contributed by atoms with E-state index < -0.39 is 0 Å². The zero-order valence-electron chi connectivity index (χ0n) is 17.3. The van der Waals surface area contributed by atoms with Gasteiger partial charge in [0.1, 0.15) is 5.82 Å². The topological polar surface area (TPSA) is 88.3 Å². The van der Waals surface area contributed by atoms with E-state index in [0.717, 1.165) is 32.4 Å². The molecule has 3 fully saturated rings. The van der Waals surface area contributed by atoms with Crippen LogP contribution in [0.4, 0.5) is 4.39 Å². The quantitative estimate of drug-likeness (QED) is 0.793. The van der Waals surface area contributed by atoms with Crippen molar-refractivity contribution in [3.63, 3.8) is 0 Å². The van der Waals surface area contributed by atoms with Crippen molar-refractivity contribution in [1.29, 1.82) is 0 Å². The molecule has 3 unspecified atom stereocenters. The molecule has 5 atom stereocenters. The van der Waals surface area contributed by atoms with E-state index in [1.807, 2.05) is 4.90 Å². The predicted molar refractivity (Wildman–Crippen MR) is 114 cm³/mol. The number of nitrogens with one attached hydrogen (secondary N) is 1. The number of carbonyl (C=O) groups is 2. The van der Waals surface area contributed by atoms with Crippen molar-refractivity contribution in [1.82, 2.24) is 15.2 Å². The van der Waals surface area contributed by atoms with Gasteiger partial charge >= 0.3 is 0 Å². The molecule has 2 heterocycles. The summed E-state index contributed by atoms with van der Waals surface area (Å²) in [5.41, 5.74) is 7.73. The van der Waals surface area contributed by atoms with Gasteiger partial charge in [0.05, 0.1) is 11.3 Å². The molecule has 162 valence electrons. The van der Waals surface area contributed by atoms with Gasteiger partial charge in [-0.3, -0.25) is 14.6 Å². The molecule has 7 heteroatoms. The number of aromatic nitrogens is 1. The minimum Gasteiger partial charge on any atom is -0.349 e. The van der Waals surface area contributed by atoms with E-state index in [0.29, 0.717) is 35.1 Å². The van der Waals surface area contributed by atoms with Crippen molar-refractivity contribution in [2.24, 2.45) is 23.5 Å². The standard InChI is InChI=1S/C24H27FN4O2/c25-17-5-1-3-14(9-17)21-8-7-16(11-27-21)23(30)28-18-6-2-4-15(10-18)24(31)29-12-19-20(13-29)22(19)26/h1,3,5,7-9,11,15,18-20,22H,2,4,6,10,12-13,26H2,(H,28,30)/t15?,18?,19-,20+,22?. The molecule has 0 bridgehead atoms. The Labute approximate surface area is 181 Å². The van der Waals surface area contributed by atoms with Gasteiger partial charge < -0.3 is 16.0 Å². The molecule has 1 aliphatic heterocycles. The summed E-state index contributed by atoms with van der Waals surface area (Å²) in [7, 11) is 0. The number of hydrogen-bond acceptors (Lipinski definition) is 4. The molecule has 5 rings (SSSR count). The summed E-state index contributed by atoms with van der Waals surface area (Å²) in [4.78, 5) is 31.9. The van der Waals surface area contributed by atoms with Gasteiger partial charge in [0, 0.05) is 42.9 Å². The zero-order chi connectivity index (χ0) is 21.5. The van der Waals surface area contributed by atoms with E-state index in [9.17, 15) is 14.0 Å². The van der Waals surface area contributed by atoms with Gasteiger partial charge in [-0.05, 0) is 55.4 Å². The summed E-state index contributed by atoms with van der Waals surface area (Å²) < 4.78 is 13.4. The number of fused-ring (bicyclic) bond motifs is 1. The van der Waals surface area contributed by atoms with Crippen LogP contribution in [0, 0.1) is 23.6 Å². The Hall–Kier alpha value is -2.80. The summed E-state index contributed by atoms with van der Waals surface area (Å²) in [6.07, 6.45) is 4.88. The van der Waals surface area contributed by atoms with Gasteiger partial charge in [-0.25, -0.2) is 4.39 Å². The van der Waals surface area contributed by atoms with Crippen LogP contribution in [0.25, 0.3) is 11.3 Å². The number of hydrogen-bond donors (Lipinski definition) is 2. The third-order valence-corrected chi connectivity index (χ3v) is 7.08. The number of rotatable bonds is 4. The maximum atomic E-state index is 13.4. The molecule has 1 aromatic carbocycles. The van der Waals surface area contributed by atoms with E-state index in [2.05, 4.69) is 10.3 Å². The third kappa shape index (κ3) is 4.06. The van der Waals surface area contributed by atoms with E-state index in [-0.39, 0.29) is 35.6 Å². The summed E-state index contributed by atoms with van der Waals surface area (Å²) in [6.45, 7) is 1.59. The van der Waals surface area contributed by atoms with Gasteiger partial charge in [-0.2, -0.15) is 0 Å². The van der Waals surface area contributed by atoms with Crippen LogP contribution in [0.2, 0.25) is 0 Å². The fourth-order valence-electron chi connectivity index (χ4n) is 5.17. The highest BCUT2D eigenvalue weighted by Crippen LogP contribution is 2.44. The number of piperidine rings is 1. The van der Waals surface area contributed by atoms with Crippen LogP contribution >= 0.6 is 0 Å². The lowest BCUT2D eigenvalue weighted by atomic mass is 9.84. The molecule has 2 aliphatic carbocycles. The summed E-state index contributed by atoms with van der Waals surface area (Å²) in [5, 5.41) is 3.07. The normalized spacial score (nSPS) is 29.4. The number of nitrogens with two attached hydrogens (primary N) is 1. The molecule has 6 nitrogen and oxygen atoms in total. The van der Waals surface area contributed by atoms with Crippen LogP contribution in [0.5, 0.6) is 0 Å². The number of likely N-dealkylation sites (tertiary alicyclic amines) is 1. The van der Waals surface area contributed by atoms with Crippen LogP contribution in [-0.4, -0.2) is 46.9 Å². The third-order valence-electron chi connectivity index (χ3n) is 7.08. The average Bonchev–Trinajstić information content (AvgIpc) is 3.18. The smallest absolute Gasteiger partial charge is 0.253 e. The molecule has 0 radical (unpaired) electrons. The highest BCUT2D eigenvalue weighted by atomic mass is 19.1. The molecule has 0 spiro atoms. The molecule has 3 aliphatic rings. The Bertz CT molecular complexity index is 983. The molecule has 3 N–H and O–H groups in total. The lowest BCUT2D eigenvalue weighted by Gasteiger charge is -2.32.